The summed E-state index contributed by atoms with van der Waals surface area (Å²) in [5.41, 5.74) is 0.513. The molecule has 0 amide bonds. The number of ether oxygens (including phenoxy) is 4. The molecule has 0 spiro atoms. The molecule has 0 saturated carbocycles. The number of benzene rings is 1. The summed E-state index contributed by atoms with van der Waals surface area (Å²) in [5, 5.41) is 0. The van der Waals surface area contributed by atoms with E-state index in [1.807, 2.05) is 0 Å². The van der Waals surface area contributed by atoms with Crippen LogP contribution >= 0.6 is 0 Å². The van der Waals surface area contributed by atoms with Crippen molar-refractivity contribution in [2.24, 2.45) is 5.92 Å². The smallest absolute Gasteiger partial charge is 0.309 e. The minimum atomic E-state index is -0.777. The number of carbonyl (C=O) groups excluding carboxylic acids is 3. The Kier molecular flexibility index (Phi) is 8.69. The highest BCUT2D eigenvalue weighted by atomic mass is 19.1. The molecule has 8 nitrogen and oxygen atoms in total. The number of Topliss-reactive ketones (excluding diaryl/α,β-unsaturated/α-hetero) is 1. The lowest BCUT2D eigenvalue weighted by Gasteiger charge is -2.18. The summed E-state index contributed by atoms with van der Waals surface area (Å²) < 4.78 is 34.3. The molecule has 0 unspecified atom stereocenters. The third-order valence-electron chi connectivity index (χ3n) is 4.42. The second-order valence-corrected chi connectivity index (χ2v) is 7.28. The highest BCUT2D eigenvalue weighted by Crippen LogP contribution is 2.31. The summed E-state index contributed by atoms with van der Waals surface area (Å²) in [6, 6.07) is 5.59. The zero-order chi connectivity index (χ0) is 23.8. The van der Waals surface area contributed by atoms with Crippen LogP contribution in [-0.2, 0) is 14.3 Å². The monoisotopic (exact) mass is 447 g/mol. The predicted molar refractivity (Wildman–Crippen MR) is 112 cm³/mol. The molecule has 0 saturated heterocycles. The molecule has 1 heterocycles. The summed E-state index contributed by atoms with van der Waals surface area (Å²) in [6.45, 7) is 6.10. The van der Waals surface area contributed by atoms with Gasteiger partial charge in [-0.2, -0.15) is 0 Å². The van der Waals surface area contributed by atoms with Gasteiger partial charge in [0.2, 0.25) is 5.75 Å². The Morgan fingerprint density at radius 2 is 1.84 bits per heavy atom. The largest absolute Gasteiger partial charge is 0.493 e. The van der Waals surface area contributed by atoms with Crippen LogP contribution in [0.15, 0.2) is 30.5 Å². The molecule has 172 valence electrons. The van der Waals surface area contributed by atoms with E-state index in [0.717, 1.165) is 0 Å². The van der Waals surface area contributed by atoms with E-state index in [-0.39, 0.29) is 36.0 Å². The number of esters is 2. The van der Waals surface area contributed by atoms with Gasteiger partial charge in [-0.25, -0.2) is 9.37 Å². The van der Waals surface area contributed by atoms with Crippen molar-refractivity contribution in [1.29, 1.82) is 0 Å². The average molecular weight is 447 g/mol. The molecule has 1 aromatic carbocycles. The lowest BCUT2D eigenvalue weighted by molar-refractivity contribution is -0.150. The number of aromatic nitrogens is 1. The van der Waals surface area contributed by atoms with Gasteiger partial charge in [-0.1, -0.05) is 6.92 Å². The molecule has 32 heavy (non-hydrogen) atoms. The van der Waals surface area contributed by atoms with E-state index in [4.69, 9.17) is 18.9 Å². The van der Waals surface area contributed by atoms with E-state index in [0.29, 0.717) is 11.3 Å². The van der Waals surface area contributed by atoms with Crippen molar-refractivity contribution in [2.75, 3.05) is 13.7 Å². The number of methoxy groups -OCH3 is 1. The van der Waals surface area contributed by atoms with Crippen LogP contribution in [-0.4, -0.2) is 42.5 Å². The zero-order valence-corrected chi connectivity index (χ0v) is 18.6. The molecule has 0 bridgehead atoms. The Hall–Kier alpha value is -3.49. The minimum absolute atomic E-state index is 0.0513. The van der Waals surface area contributed by atoms with Gasteiger partial charge in [0.05, 0.1) is 13.0 Å². The number of halogens is 1. The fourth-order valence-electron chi connectivity index (χ4n) is 2.83. The number of nitrogens with zero attached hydrogens (tertiary/aromatic N) is 1. The van der Waals surface area contributed by atoms with Crippen molar-refractivity contribution in [3.63, 3.8) is 0 Å². The van der Waals surface area contributed by atoms with Gasteiger partial charge in [-0.15, -0.1) is 0 Å². The molecule has 0 radical (unpaired) electrons. The first-order valence-electron chi connectivity index (χ1n) is 9.96. The van der Waals surface area contributed by atoms with Crippen LogP contribution in [0, 0.1) is 18.7 Å². The fourth-order valence-corrected chi connectivity index (χ4v) is 2.83. The Labute approximate surface area is 185 Å². The number of aryl methyl sites for hydroxylation is 1. The zero-order valence-electron chi connectivity index (χ0n) is 18.6. The molecule has 2 atom stereocenters. The highest BCUT2D eigenvalue weighted by Gasteiger charge is 2.25. The summed E-state index contributed by atoms with van der Waals surface area (Å²) in [6.07, 6.45) is 0.652. The van der Waals surface area contributed by atoms with Crippen LogP contribution in [0.2, 0.25) is 0 Å². The van der Waals surface area contributed by atoms with Gasteiger partial charge in [-0.3, -0.25) is 14.4 Å². The molecule has 0 N–H and O–H groups in total. The van der Waals surface area contributed by atoms with E-state index in [9.17, 15) is 18.8 Å². The summed E-state index contributed by atoms with van der Waals surface area (Å²) >= 11 is 0. The van der Waals surface area contributed by atoms with Gasteiger partial charge in [0, 0.05) is 25.6 Å². The minimum Gasteiger partial charge on any atom is -0.493 e. The molecule has 0 aliphatic carbocycles. The first-order chi connectivity index (χ1) is 15.1. The normalized spacial score (nSPS) is 12.4. The van der Waals surface area contributed by atoms with Crippen molar-refractivity contribution < 1.29 is 37.7 Å². The van der Waals surface area contributed by atoms with Crippen molar-refractivity contribution >= 4 is 17.7 Å². The van der Waals surface area contributed by atoms with Crippen LogP contribution < -0.4 is 14.2 Å². The number of pyridine rings is 1. The number of carbonyl (C=O) groups is 3. The summed E-state index contributed by atoms with van der Waals surface area (Å²) in [7, 11) is 1.37. The van der Waals surface area contributed by atoms with Crippen LogP contribution in [0.1, 0.15) is 43.2 Å². The maximum absolute atomic E-state index is 13.2. The second-order valence-electron chi connectivity index (χ2n) is 7.28. The molecule has 9 heteroatoms. The topological polar surface area (TPSA) is 101 Å². The van der Waals surface area contributed by atoms with E-state index in [1.54, 1.807) is 20.8 Å². The number of hydrogen-bond donors (Lipinski definition) is 0. The van der Waals surface area contributed by atoms with Gasteiger partial charge in [0.15, 0.2) is 17.2 Å². The molecule has 0 aliphatic heterocycles. The molecule has 2 aromatic rings. The van der Waals surface area contributed by atoms with E-state index in [1.165, 1.54) is 44.5 Å². The fraction of sp³-hybridized carbons (Fsp3) is 0.391. The predicted octanol–water partition coefficient (Wildman–Crippen LogP) is 3.68. The highest BCUT2D eigenvalue weighted by molar-refractivity contribution is 5.99. The van der Waals surface area contributed by atoms with Crippen LogP contribution in [0.4, 0.5) is 4.39 Å². The molecule has 2 rings (SSSR count). The average Bonchev–Trinajstić information content (AvgIpc) is 2.73. The lowest BCUT2D eigenvalue weighted by Crippen LogP contribution is -2.26. The Morgan fingerprint density at radius 1 is 1.12 bits per heavy atom. The number of hydrogen-bond acceptors (Lipinski definition) is 8. The van der Waals surface area contributed by atoms with Crippen molar-refractivity contribution in [3.05, 3.63) is 47.5 Å². The van der Waals surface area contributed by atoms with E-state index >= 15 is 0 Å². The van der Waals surface area contributed by atoms with Crippen molar-refractivity contribution in [1.82, 2.24) is 4.98 Å². The van der Waals surface area contributed by atoms with Crippen LogP contribution in [0.5, 0.6) is 17.2 Å². The van der Waals surface area contributed by atoms with Gasteiger partial charge in [0.25, 0.3) is 0 Å². The van der Waals surface area contributed by atoms with E-state index in [2.05, 4.69) is 4.98 Å². The van der Waals surface area contributed by atoms with Crippen LogP contribution in [0.25, 0.3) is 0 Å². The Balaban J connectivity index is 1.96. The molecule has 0 fully saturated rings. The molecule has 0 aliphatic rings. The maximum atomic E-state index is 13.2. The standard InChI is InChI=1S/C23H26FNO7/c1-13-10-17(24)6-7-19(13)31-15(3)12-30-23(28)14(2)11-18(27)21-22(32-16(4)26)20(29-5)8-9-25-21/h6-10,14-15H,11-12H2,1-5H3/t14-,15+/m1/s1. The first-order valence-corrected chi connectivity index (χ1v) is 9.96. The second kappa shape index (κ2) is 11.2. The molecular weight excluding hydrogens is 421 g/mol. The lowest BCUT2D eigenvalue weighted by atomic mass is 10.0. The van der Waals surface area contributed by atoms with Crippen molar-refractivity contribution in [2.45, 2.75) is 40.2 Å². The van der Waals surface area contributed by atoms with Gasteiger partial charge in [-0.05, 0) is 37.6 Å². The summed E-state index contributed by atoms with van der Waals surface area (Å²) in [5.74, 6) is -2.31. The first kappa shape index (κ1) is 24.8. The van der Waals surface area contributed by atoms with Gasteiger partial charge in [0.1, 0.15) is 24.3 Å². The third-order valence-corrected chi connectivity index (χ3v) is 4.42. The quantitative estimate of drug-likeness (QED) is 0.402. The summed E-state index contributed by atoms with van der Waals surface area (Å²) in [4.78, 5) is 40.4. The Bertz CT molecular complexity index is 992. The third kappa shape index (κ3) is 6.76. The number of rotatable bonds is 10. The molecule has 1 aromatic heterocycles. The molecular formula is C23H26FNO7. The van der Waals surface area contributed by atoms with Crippen LogP contribution in [0.3, 0.4) is 0 Å². The van der Waals surface area contributed by atoms with Gasteiger partial charge < -0.3 is 18.9 Å². The SMILES string of the molecule is COc1ccnc(C(=O)C[C@@H](C)C(=O)OC[C@H](C)Oc2ccc(F)cc2C)c1OC(C)=O. The van der Waals surface area contributed by atoms with E-state index < -0.39 is 29.7 Å². The maximum Gasteiger partial charge on any atom is 0.309 e. The van der Waals surface area contributed by atoms with Crippen molar-refractivity contribution in [3.8, 4) is 17.2 Å². The van der Waals surface area contributed by atoms with Gasteiger partial charge >= 0.3 is 11.9 Å². The Morgan fingerprint density at radius 3 is 2.47 bits per heavy atom. The number of ketones is 1.